The van der Waals surface area contributed by atoms with E-state index in [1.807, 2.05) is 18.2 Å². The van der Waals surface area contributed by atoms with E-state index in [2.05, 4.69) is 10.1 Å². The molecule has 0 bridgehead atoms. The minimum Gasteiger partial charge on any atom is -0.384 e. The maximum Gasteiger partial charge on any atom is 0.190 e. The summed E-state index contributed by atoms with van der Waals surface area (Å²) in [5, 5.41) is 3.84. The average molecular weight is 190 g/mol. The van der Waals surface area contributed by atoms with Crippen molar-refractivity contribution in [1.82, 2.24) is 4.98 Å². The second-order valence-corrected chi connectivity index (χ2v) is 3.16. The van der Waals surface area contributed by atoms with E-state index in [4.69, 9.17) is 4.84 Å². The van der Waals surface area contributed by atoms with Gasteiger partial charge in [-0.2, -0.15) is 0 Å². The summed E-state index contributed by atoms with van der Waals surface area (Å²) in [7, 11) is 0. The van der Waals surface area contributed by atoms with Gasteiger partial charge < -0.3 is 4.84 Å². The third-order valence-corrected chi connectivity index (χ3v) is 2.08. The molecule has 0 radical (unpaired) electrons. The predicted octanol–water partition coefficient (Wildman–Crippen LogP) is 1.16. The van der Waals surface area contributed by atoms with E-state index in [0.29, 0.717) is 6.42 Å². The van der Waals surface area contributed by atoms with E-state index < -0.39 is 6.10 Å². The SMILES string of the molecule is CC(=O)C1CC(c2ccccn2)=NO1. The van der Waals surface area contributed by atoms with Gasteiger partial charge in [0.25, 0.3) is 0 Å². The zero-order valence-electron chi connectivity index (χ0n) is 7.80. The Bertz CT molecular complexity index is 373. The van der Waals surface area contributed by atoms with Crippen LogP contribution >= 0.6 is 0 Å². The molecule has 4 heteroatoms. The Labute approximate surface area is 81.6 Å². The van der Waals surface area contributed by atoms with E-state index >= 15 is 0 Å². The summed E-state index contributed by atoms with van der Waals surface area (Å²) in [5.74, 6) is -0.000295. The van der Waals surface area contributed by atoms with Crippen LogP contribution in [0.2, 0.25) is 0 Å². The van der Waals surface area contributed by atoms with Gasteiger partial charge in [0.15, 0.2) is 11.9 Å². The Kier molecular flexibility index (Phi) is 2.26. The van der Waals surface area contributed by atoms with Gasteiger partial charge in [-0.3, -0.25) is 9.78 Å². The third-order valence-electron chi connectivity index (χ3n) is 2.08. The Balaban J connectivity index is 2.13. The molecule has 0 amide bonds. The topological polar surface area (TPSA) is 51.5 Å². The minimum absolute atomic E-state index is 0.000295. The summed E-state index contributed by atoms with van der Waals surface area (Å²) in [6.45, 7) is 1.50. The van der Waals surface area contributed by atoms with Crippen LogP contribution in [-0.2, 0) is 9.63 Å². The highest BCUT2D eigenvalue weighted by molar-refractivity contribution is 6.02. The van der Waals surface area contributed by atoms with Gasteiger partial charge in [0, 0.05) is 12.6 Å². The van der Waals surface area contributed by atoms with Crippen LogP contribution in [0.3, 0.4) is 0 Å². The van der Waals surface area contributed by atoms with Crippen LogP contribution < -0.4 is 0 Å². The number of carbonyl (C=O) groups is 1. The van der Waals surface area contributed by atoms with Gasteiger partial charge in [0.2, 0.25) is 0 Å². The first-order valence-corrected chi connectivity index (χ1v) is 4.42. The van der Waals surface area contributed by atoms with Crippen LogP contribution in [-0.4, -0.2) is 22.6 Å². The van der Waals surface area contributed by atoms with Gasteiger partial charge in [-0.1, -0.05) is 11.2 Å². The molecular weight excluding hydrogens is 180 g/mol. The maximum atomic E-state index is 11.0. The maximum absolute atomic E-state index is 11.0. The van der Waals surface area contributed by atoms with E-state index in [0.717, 1.165) is 11.4 Å². The number of Topliss-reactive ketones (excluding diaryl/α,β-unsaturated/α-hetero) is 1. The Morgan fingerprint density at radius 3 is 3.00 bits per heavy atom. The normalized spacial score (nSPS) is 20.1. The molecule has 14 heavy (non-hydrogen) atoms. The standard InChI is InChI=1S/C10H10N2O2/c1-7(13)10-6-9(12-14-10)8-4-2-3-5-11-8/h2-5,10H,6H2,1H3. The molecule has 2 rings (SSSR count). The van der Waals surface area contributed by atoms with Crippen LogP contribution in [0.5, 0.6) is 0 Å². The average Bonchev–Trinajstić information content (AvgIpc) is 2.68. The molecule has 0 spiro atoms. The zero-order chi connectivity index (χ0) is 9.97. The molecule has 1 aliphatic heterocycles. The molecule has 0 aliphatic carbocycles. The molecule has 0 aromatic carbocycles. The molecule has 0 saturated carbocycles. The predicted molar refractivity (Wildman–Crippen MR) is 50.9 cm³/mol. The number of oxime groups is 1. The van der Waals surface area contributed by atoms with Gasteiger partial charge in [0.1, 0.15) is 5.71 Å². The van der Waals surface area contributed by atoms with Crippen molar-refractivity contribution in [2.24, 2.45) is 5.16 Å². The van der Waals surface area contributed by atoms with Gasteiger partial charge in [0.05, 0.1) is 5.69 Å². The van der Waals surface area contributed by atoms with Crippen molar-refractivity contribution in [2.45, 2.75) is 19.4 Å². The van der Waals surface area contributed by atoms with Crippen molar-refractivity contribution in [2.75, 3.05) is 0 Å². The molecular formula is C10H10N2O2. The lowest BCUT2D eigenvalue weighted by Gasteiger charge is -2.00. The summed E-state index contributed by atoms with van der Waals surface area (Å²) >= 11 is 0. The van der Waals surface area contributed by atoms with E-state index in [1.54, 1.807) is 6.20 Å². The van der Waals surface area contributed by atoms with Crippen molar-refractivity contribution >= 4 is 11.5 Å². The molecule has 0 saturated heterocycles. The monoisotopic (exact) mass is 190 g/mol. The van der Waals surface area contributed by atoms with Crippen LogP contribution in [0.25, 0.3) is 0 Å². The number of nitrogens with zero attached hydrogens (tertiary/aromatic N) is 2. The number of hydrogen-bond acceptors (Lipinski definition) is 4. The molecule has 72 valence electrons. The fourth-order valence-corrected chi connectivity index (χ4v) is 1.28. The largest absolute Gasteiger partial charge is 0.384 e. The fourth-order valence-electron chi connectivity index (χ4n) is 1.28. The molecule has 0 fully saturated rings. The van der Waals surface area contributed by atoms with Crippen LogP contribution in [0.15, 0.2) is 29.6 Å². The van der Waals surface area contributed by atoms with Crippen molar-refractivity contribution < 1.29 is 9.63 Å². The van der Waals surface area contributed by atoms with E-state index in [-0.39, 0.29) is 5.78 Å². The number of hydrogen-bond donors (Lipinski definition) is 0. The van der Waals surface area contributed by atoms with Crippen molar-refractivity contribution in [3.63, 3.8) is 0 Å². The summed E-state index contributed by atoms with van der Waals surface area (Å²) in [6.07, 6.45) is 1.79. The first kappa shape index (κ1) is 8.87. The highest BCUT2D eigenvalue weighted by atomic mass is 16.6. The highest BCUT2D eigenvalue weighted by Gasteiger charge is 2.26. The van der Waals surface area contributed by atoms with Crippen LogP contribution in [0, 0.1) is 0 Å². The third kappa shape index (κ3) is 1.64. The second-order valence-electron chi connectivity index (χ2n) is 3.16. The Morgan fingerprint density at radius 2 is 2.43 bits per heavy atom. The molecule has 1 aliphatic rings. The number of rotatable bonds is 2. The lowest BCUT2D eigenvalue weighted by Crippen LogP contribution is -2.17. The lowest BCUT2D eigenvalue weighted by atomic mass is 10.1. The smallest absolute Gasteiger partial charge is 0.190 e. The van der Waals surface area contributed by atoms with Gasteiger partial charge in [-0.05, 0) is 19.1 Å². The first-order valence-electron chi connectivity index (χ1n) is 4.42. The number of carbonyl (C=O) groups excluding carboxylic acids is 1. The van der Waals surface area contributed by atoms with Crippen molar-refractivity contribution in [3.8, 4) is 0 Å². The Hall–Kier alpha value is -1.71. The van der Waals surface area contributed by atoms with Crippen LogP contribution in [0.1, 0.15) is 19.0 Å². The number of pyridine rings is 1. The van der Waals surface area contributed by atoms with E-state index in [9.17, 15) is 4.79 Å². The molecule has 1 atom stereocenters. The molecule has 1 aromatic rings. The van der Waals surface area contributed by atoms with Gasteiger partial charge in [-0.15, -0.1) is 0 Å². The molecule has 2 heterocycles. The summed E-state index contributed by atoms with van der Waals surface area (Å²) in [4.78, 5) is 20.1. The van der Waals surface area contributed by atoms with Gasteiger partial charge >= 0.3 is 0 Å². The highest BCUT2D eigenvalue weighted by Crippen LogP contribution is 2.15. The van der Waals surface area contributed by atoms with E-state index in [1.165, 1.54) is 6.92 Å². The Morgan fingerprint density at radius 1 is 1.57 bits per heavy atom. The summed E-state index contributed by atoms with van der Waals surface area (Å²) in [5.41, 5.74) is 1.52. The zero-order valence-corrected chi connectivity index (χ0v) is 7.80. The van der Waals surface area contributed by atoms with Crippen LogP contribution in [0.4, 0.5) is 0 Å². The molecule has 0 N–H and O–H groups in total. The van der Waals surface area contributed by atoms with Crippen molar-refractivity contribution in [3.05, 3.63) is 30.1 Å². The van der Waals surface area contributed by atoms with Crippen molar-refractivity contribution in [1.29, 1.82) is 0 Å². The summed E-state index contributed by atoms with van der Waals surface area (Å²) < 4.78 is 0. The lowest BCUT2D eigenvalue weighted by molar-refractivity contribution is -0.126. The number of aromatic nitrogens is 1. The number of ketones is 1. The molecule has 1 unspecified atom stereocenters. The molecule has 4 nitrogen and oxygen atoms in total. The minimum atomic E-state index is -0.424. The quantitative estimate of drug-likeness (QED) is 0.703. The second kappa shape index (κ2) is 3.57. The van der Waals surface area contributed by atoms with Gasteiger partial charge in [-0.25, -0.2) is 0 Å². The fraction of sp³-hybridized carbons (Fsp3) is 0.300. The summed E-state index contributed by atoms with van der Waals surface area (Å²) in [6, 6.07) is 5.57. The molecule has 1 aromatic heterocycles. The first-order chi connectivity index (χ1) is 6.77.